The van der Waals surface area contributed by atoms with Gasteiger partial charge >= 0.3 is 0 Å². The minimum Gasteiger partial charge on any atom is -0.497 e. The fourth-order valence-corrected chi connectivity index (χ4v) is 4.64. The average molecular weight is 567 g/mol. The van der Waals surface area contributed by atoms with E-state index >= 15 is 0 Å². The molecule has 0 aliphatic heterocycles. The van der Waals surface area contributed by atoms with E-state index in [1.807, 2.05) is 59.7 Å². The van der Waals surface area contributed by atoms with Crippen LogP contribution in [0, 0.1) is 0 Å². The van der Waals surface area contributed by atoms with Crippen LogP contribution in [0.25, 0.3) is 0 Å². The first-order valence-corrected chi connectivity index (χ1v) is 12.7. The van der Waals surface area contributed by atoms with Crippen LogP contribution in [0.4, 0.5) is 0 Å². The topological polar surface area (TPSA) is 36.5 Å². The Morgan fingerprint density at radius 1 is 0.861 bits per heavy atom. The van der Waals surface area contributed by atoms with Crippen molar-refractivity contribution in [2.75, 3.05) is 13.7 Å². The highest BCUT2D eigenvalue weighted by Gasteiger charge is 2.20. The predicted molar refractivity (Wildman–Crippen MR) is 144 cm³/mol. The molecule has 1 heterocycles. The van der Waals surface area contributed by atoms with E-state index in [2.05, 4.69) is 4.57 Å². The SMILES string of the molecule is COc1ccc(OCCn2cc[n+](CC(OCc3ccc(Cl)cc3Cl)c3ccc(Cl)cc3Cl)c2)cc1. The molecule has 9 heteroatoms. The molecule has 1 aromatic heterocycles. The number of benzene rings is 3. The molecule has 188 valence electrons. The number of rotatable bonds is 11. The Bertz CT molecular complexity index is 1290. The molecule has 4 rings (SSSR count). The van der Waals surface area contributed by atoms with Crippen LogP contribution in [0.5, 0.6) is 11.5 Å². The first kappa shape index (κ1) is 26.6. The van der Waals surface area contributed by atoms with Crippen molar-refractivity contribution in [3.05, 3.63) is 111 Å². The van der Waals surface area contributed by atoms with Gasteiger partial charge in [0.2, 0.25) is 6.33 Å². The Labute approximate surface area is 230 Å². The van der Waals surface area contributed by atoms with Gasteiger partial charge in [-0.25, -0.2) is 9.13 Å². The molecule has 0 saturated carbocycles. The molecule has 0 bridgehead atoms. The Morgan fingerprint density at radius 2 is 1.56 bits per heavy atom. The molecule has 4 aromatic rings. The average Bonchev–Trinajstić information content (AvgIpc) is 3.30. The quantitative estimate of drug-likeness (QED) is 0.177. The molecule has 3 aromatic carbocycles. The summed E-state index contributed by atoms with van der Waals surface area (Å²) in [5, 5.41) is 2.24. The minimum absolute atomic E-state index is 0.302. The fourth-order valence-electron chi connectivity index (χ4n) is 3.64. The number of hydrogen-bond acceptors (Lipinski definition) is 3. The number of aromatic nitrogens is 2. The summed E-state index contributed by atoms with van der Waals surface area (Å²) in [7, 11) is 1.64. The van der Waals surface area contributed by atoms with Crippen molar-refractivity contribution in [3.8, 4) is 11.5 Å². The number of hydrogen-bond donors (Lipinski definition) is 0. The zero-order valence-corrected chi connectivity index (χ0v) is 22.6. The van der Waals surface area contributed by atoms with Crippen molar-refractivity contribution in [1.82, 2.24) is 4.57 Å². The van der Waals surface area contributed by atoms with Gasteiger partial charge in [-0.2, -0.15) is 0 Å². The third-order valence-corrected chi connectivity index (χ3v) is 6.71. The number of methoxy groups -OCH3 is 1. The molecule has 1 unspecified atom stereocenters. The van der Waals surface area contributed by atoms with Gasteiger partial charge in [-0.1, -0.05) is 58.5 Å². The number of imidazole rings is 1. The Morgan fingerprint density at radius 3 is 2.25 bits per heavy atom. The minimum atomic E-state index is -0.335. The lowest BCUT2D eigenvalue weighted by Gasteiger charge is -2.19. The highest BCUT2D eigenvalue weighted by molar-refractivity contribution is 6.35. The zero-order valence-electron chi connectivity index (χ0n) is 19.5. The van der Waals surface area contributed by atoms with Crippen molar-refractivity contribution < 1.29 is 18.8 Å². The third-order valence-electron chi connectivity index (χ3n) is 5.57. The highest BCUT2D eigenvalue weighted by Crippen LogP contribution is 2.31. The van der Waals surface area contributed by atoms with Crippen molar-refractivity contribution in [2.24, 2.45) is 0 Å². The summed E-state index contributed by atoms with van der Waals surface area (Å²) in [5.74, 6) is 1.59. The second-order valence-electron chi connectivity index (χ2n) is 8.07. The molecule has 5 nitrogen and oxygen atoms in total. The monoisotopic (exact) mass is 565 g/mol. The number of ether oxygens (including phenoxy) is 3. The van der Waals surface area contributed by atoms with Crippen LogP contribution in [-0.4, -0.2) is 18.3 Å². The lowest BCUT2D eigenvalue weighted by atomic mass is 10.1. The molecule has 0 aliphatic carbocycles. The van der Waals surface area contributed by atoms with E-state index in [4.69, 9.17) is 60.6 Å². The molecule has 36 heavy (non-hydrogen) atoms. The molecule has 0 aliphatic rings. The van der Waals surface area contributed by atoms with Crippen LogP contribution in [0.3, 0.4) is 0 Å². The summed E-state index contributed by atoms with van der Waals surface area (Å²) in [4.78, 5) is 0. The van der Waals surface area contributed by atoms with E-state index in [0.29, 0.717) is 46.4 Å². The van der Waals surface area contributed by atoms with Gasteiger partial charge in [0.25, 0.3) is 0 Å². The summed E-state index contributed by atoms with van der Waals surface area (Å²) in [6.45, 7) is 2.06. The molecular formula is C27H25Cl4N2O3+. The normalized spacial score (nSPS) is 11.9. The maximum atomic E-state index is 6.53. The summed E-state index contributed by atoms with van der Waals surface area (Å²) in [6, 6.07) is 18.3. The summed E-state index contributed by atoms with van der Waals surface area (Å²) >= 11 is 25.0. The molecule has 0 saturated heterocycles. The number of nitrogens with zero attached hydrogens (tertiary/aromatic N) is 2. The third kappa shape index (κ3) is 7.31. The summed E-state index contributed by atoms with van der Waals surface area (Å²) in [6.07, 6.45) is 5.65. The van der Waals surface area contributed by atoms with Gasteiger partial charge in [0, 0.05) is 25.7 Å². The van der Waals surface area contributed by atoms with Crippen LogP contribution in [-0.2, 0) is 24.4 Å². The highest BCUT2D eigenvalue weighted by atomic mass is 35.5. The molecule has 0 amide bonds. The van der Waals surface area contributed by atoms with Crippen LogP contribution >= 0.6 is 46.4 Å². The lowest BCUT2D eigenvalue weighted by molar-refractivity contribution is -0.704. The largest absolute Gasteiger partial charge is 0.497 e. The maximum absolute atomic E-state index is 6.53. The van der Waals surface area contributed by atoms with Gasteiger partial charge in [-0.3, -0.25) is 0 Å². The molecule has 0 N–H and O–H groups in total. The van der Waals surface area contributed by atoms with Gasteiger partial charge in [0.05, 0.1) is 13.7 Å². The fraction of sp³-hybridized carbons (Fsp3) is 0.222. The number of halogens is 4. The molecule has 0 spiro atoms. The van der Waals surface area contributed by atoms with Crippen molar-refractivity contribution >= 4 is 46.4 Å². The van der Waals surface area contributed by atoms with Crippen LogP contribution in [0.15, 0.2) is 79.4 Å². The summed E-state index contributed by atoms with van der Waals surface area (Å²) in [5.41, 5.74) is 1.68. The molecular weight excluding hydrogens is 542 g/mol. The lowest BCUT2D eigenvalue weighted by Crippen LogP contribution is -2.35. The molecule has 1 atom stereocenters. The first-order chi connectivity index (χ1) is 17.4. The van der Waals surface area contributed by atoms with Crippen molar-refractivity contribution in [1.29, 1.82) is 0 Å². The van der Waals surface area contributed by atoms with Gasteiger partial charge in [-0.05, 0) is 54.1 Å². The van der Waals surface area contributed by atoms with Crippen LogP contribution < -0.4 is 14.0 Å². The van der Waals surface area contributed by atoms with E-state index in [1.54, 1.807) is 31.4 Å². The van der Waals surface area contributed by atoms with E-state index < -0.39 is 0 Å². The Hall–Kier alpha value is -2.41. The predicted octanol–water partition coefficient (Wildman–Crippen LogP) is 7.43. The van der Waals surface area contributed by atoms with Crippen molar-refractivity contribution in [2.45, 2.75) is 25.8 Å². The van der Waals surface area contributed by atoms with Gasteiger partial charge in [0.1, 0.15) is 49.7 Å². The second kappa shape index (κ2) is 12.7. The van der Waals surface area contributed by atoms with E-state index in [0.717, 1.165) is 22.6 Å². The Balaban J connectivity index is 1.42. The smallest absolute Gasteiger partial charge is 0.243 e. The maximum Gasteiger partial charge on any atom is 0.243 e. The first-order valence-electron chi connectivity index (χ1n) is 11.2. The van der Waals surface area contributed by atoms with Crippen molar-refractivity contribution in [3.63, 3.8) is 0 Å². The Kier molecular flexibility index (Phi) is 9.41. The molecule has 0 radical (unpaired) electrons. The van der Waals surface area contributed by atoms with E-state index in [1.165, 1.54) is 0 Å². The summed E-state index contributed by atoms with van der Waals surface area (Å²) < 4.78 is 21.4. The van der Waals surface area contributed by atoms with Crippen LogP contribution in [0.1, 0.15) is 17.2 Å². The van der Waals surface area contributed by atoms with E-state index in [-0.39, 0.29) is 6.10 Å². The zero-order chi connectivity index (χ0) is 25.5. The van der Waals surface area contributed by atoms with Crippen LogP contribution in [0.2, 0.25) is 20.1 Å². The molecule has 0 fully saturated rings. The van der Waals surface area contributed by atoms with Gasteiger partial charge < -0.3 is 14.2 Å². The van der Waals surface area contributed by atoms with Gasteiger partial charge in [0.15, 0.2) is 0 Å². The standard InChI is InChI=1S/C27H25Cl4N2O3/c1-34-22-5-7-23(8-6-22)35-13-12-32-10-11-33(18-32)16-27(24-9-4-21(29)15-26(24)31)36-17-19-2-3-20(28)14-25(19)30/h2-11,14-15,18,27H,12-13,16-17H2,1H3/q+1. The second-order valence-corrected chi connectivity index (χ2v) is 9.76. The van der Waals surface area contributed by atoms with E-state index in [9.17, 15) is 0 Å². The van der Waals surface area contributed by atoms with Gasteiger partial charge in [-0.15, -0.1) is 0 Å².